The number of anilines is 2. The van der Waals surface area contributed by atoms with Gasteiger partial charge in [0.05, 0.1) is 31.9 Å². The summed E-state index contributed by atoms with van der Waals surface area (Å²) < 4.78 is 4.93. The molecule has 7 heteroatoms. The molecule has 0 spiro atoms. The molecule has 1 fully saturated rings. The fourth-order valence-corrected chi connectivity index (χ4v) is 2.81. The molecular weight excluding hydrogens is 296 g/mol. The van der Waals surface area contributed by atoms with E-state index in [9.17, 15) is 9.90 Å². The fourth-order valence-electron chi connectivity index (χ4n) is 2.81. The molecule has 23 heavy (non-hydrogen) atoms. The minimum absolute atomic E-state index is 0.0655. The summed E-state index contributed by atoms with van der Waals surface area (Å²) in [7, 11) is 0. The smallest absolute Gasteiger partial charge is 0.280 e. The number of amides is 1. The molecule has 122 valence electrons. The average molecular weight is 317 g/mol. The standard InChI is InChI=1S/C16H20N4O3/c1-12-10-15(18-23-12)17-16(22)11-19-6-8-20(9-7-19)13-4-2-3-5-14(13)21/h2-5,10,21H,6-9,11H2,1H3,(H,17,18,22)/p+1. The Balaban J connectivity index is 1.49. The van der Waals surface area contributed by atoms with E-state index in [2.05, 4.69) is 15.4 Å². The topological polar surface area (TPSA) is 83.0 Å². The Labute approximate surface area is 134 Å². The molecule has 1 aromatic carbocycles. The molecule has 1 amide bonds. The SMILES string of the molecule is Cc1cc(NC(=O)C[NH+]2CCN(c3ccccc3O)CC2)no1. The average Bonchev–Trinajstić information content (AvgIpc) is 2.93. The number of hydrogen-bond acceptors (Lipinski definition) is 5. The van der Waals surface area contributed by atoms with Gasteiger partial charge in [0.2, 0.25) is 0 Å². The van der Waals surface area contributed by atoms with Crippen LogP contribution in [0.4, 0.5) is 11.5 Å². The number of nitrogens with one attached hydrogen (secondary N) is 2. The summed E-state index contributed by atoms with van der Waals surface area (Å²) in [5.74, 6) is 1.36. The van der Waals surface area contributed by atoms with E-state index in [1.807, 2.05) is 18.2 Å². The van der Waals surface area contributed by atoms with Crippen LogP contribution in [0.3, 0.4) is 0 Å². The lowest BCUT2D eigenvalue weighted by Crippen LogP contribution is -3.15. The van der Waals surface area contributed by atoms with Gasteiger partial charge in [0, 0.05) is 6.07 Å². The molecule has 1 aliphatic rings. The second-order valence-corrected chi connectivity index (χ2v) is 5.77. The number of quaternary nitrogens is 1. The van der Waals surface area contributed by atoms with Crippen molar-refractivity contribution in [2.75, 3.05) is 42.9 Å². The van der Waals surface area contributed by atoms with E-state index in [1.165, 1.54) is 4.90 Å². The molecule has 2 aromatic rings. The number of carbonyl (C=O) groups is 1. The number of carbonyl (C=O) groups excluding carboxylic acids is 1. The van der Waals surface area contributed by atoms with Crippen molar-refractivity contribution in [1.29, 1.82) is 0 Å². The molecular formula is C16H21N4O3+. The van der Waals surface area contributed by atoms with Crippen molar-refractivity contribution < 1.29 is 19.3 Å². The normalized spacial score (nSPS) is 15.6. The Hall–Kier alpha value is -2.54. The molecule has 0 unspecified atom stereocenters. The van der Waals surface area contributed by atoms with Crippen molar-refractivity contribution in [3.05, 3.63) is 36.1 Å². The largest absolute Gasteiger partial charge is 0.506 e. The molecule has 0 aliphatic carbocycles. The molecule has 1 saturated heterocycles. The number of hydrogen-bond donors (Lipinski definition) is 3. The maximum absolute atomic E-state index is 12.0. The van der Waals surface area contributed by atoms with Crippen LogP contribution in [0.2, 0.25) is 0 Å². The van der Waals surface area contributed by atoms with Crippen molar-refractivity contribution in [3.63, 3.8) is 0 Å². The van der Waals surface area contributed by atoms with Gasteiger partial charge in [-0.3, -0.25) is 4.79 Å². The van der Waals surface area contributed by atoms with Gasteiger partial charge in [-0.25, -0.2) is 0 Å². The second-order valence-electron chi connectivity index (χ2n) is 5.77. The van der Waals surface area contributed by atoms with Gasteiger partial charge in [-0.2, -0.15) is 0 Å². The zero-order valence-electron chi connectivity index (χ0n) is 13.1. The summed E-state index contributed by atoms with van der Waals surface area (Å²) in [5.41, 5.74) is 0.856. The summed E-state index contributed by atoms with van der Waals surface area (Å²) in [5, 5.41) is 16.4. The number of aryl methyl sites for hydroxylation is 1. The van der Waals surface area contributed by atoms with Crippen molar-refractivity contribution in [1.82, 2.24) is 5.16 Å². The van der Waals surface area contributed by atoms with E-state index in [-0.39, 0.29) is 5.91 Å². The Morgan fingerprint density at radius 2 is 2.13 bits per heavy atom. The summed E-state index contributed by atoms with van der Waals surface area (Å²) >= 11 is 0. The summed E-state index contributed by atoms with van der Waals surface area (Å²) in [6, 6.07) is 9.04. The zero-order valence-corrected chi connectivity index (χ0v) is 13.1. The molecule has 1 aliphatic heterocycles. The molecule has 2 heterocycles. The first-order valence-electron chi connectivity index (χ1n) is 7.71. The van der Waals surface area contributed by atoms with Crippen LogP contribution in [0.1, 0.15) is 5.76 Å². The van der Waals surface area contributed by atoms with Crippen LogP contribution in [-0.4, -0.2) is 48.9 Å². The highest BCUT2D eigenvalue weighted by Crippen LogP contribution is 2.25. The van der Waals surface area contributed by atoms with Gasteiger partial charge in [0.1, 0.15) is 11.5 Å². The number of benzene rings is 1. The van der Waals surface area contributed by atoms with Crippen LogP contribution in [0.5, 0.6) is 5.75 Å². The van der Waals surface area contributed by atoms with E-state index in [0.29, 0.717) is 23.9 Å². The van der Waals surface area contributed by atoms with Crippen molar-refractivity contribution in [2.24, 2.45) is 0 Å². The monoisotopic (exact) mass is 317 g/mol. The molecule has 0 radical (unpaired) electrons. The lowest BCUT2D eigenvalue weighted by molar-refractivity contribution is -0.892. The molecule has 3 N–H and O–H groups in total. The molecule has 0 saturated carbocycles. The number of aromatic nitrogens is 1. The van der Waals surface area contributed by atoms with Gasteiger partial charge in [0.25, 0.3) is 5.91 Å². The lowest BCUT2D eigenvalue weighted by Gasteiger charge is -2.33. The van der Waals surface area contributed by atoms with Crippen molar-refractivity contribution in [3.8, 4) is 5.75 Å². The molecule has 1 aromatic heterocycles. The van der Waals surface area contributed by atoms with Crippen LogP contribution in [0.25, 0.3) is 0 Å². The third-order valence-electron chi connectivity index (χ3n) is 4.00. The third kappa shape index (κ3) is 3.81. The second kappa shape index (κ2) is 6.70. The van der Waals surface area contributed by atoms with Gasteiger partial charge in [0.15, 0.2) is 12.4 Å². The molecule has 0 atom stereocenters. The Kier molecular flexibility index (Phi) is 4.47. The number of piperazine rings is 1. The van der Waals surface area contributed by atoms with Gasteiger partial charge in [-0.15, -0.1) is 0 Å². The lowest BCUT2D eigenvalue weighted by atomic mass is 10.2. The van der Waals surface area contributed by atoms with Crippen LogP contribution < -0.4 is 15.1 Å². The van der Waals surface area contributed by atoms with E-state index in [0.717, 1.165) is 31.9 Å². The van der Waals surface area contributed by atoms with E-state index >= 15 is 0 Å². The number of para-hydroxylation sites is 2. The highest BCUT2D eigenvalue weighted by atomic mass is 16.5. The molecule has 7 nitrogen and oxygen atoms in total. The number of rotatable bonds is 4. The van der Waals surface area contributed by atoms with Crippen LogP contribution >= 0.6 is 0 Å². The van der Waals surface area contributed by atoms with Crippen molar-refractivity contribution in [2.45, 2.75) is 6.92 Å². The predicted molar refractivity (Wildman–Crippen MR) is 85.8 cm³/mol. The van der Waals surface area contributed by atoms with E-state index in [1.54, 1.807) is 19.1 Å². The summed E-state index contributed by atoms with van der Waals surface area (Å²) in [6.07, 6.45) is 0. The first kappa shape index (κ1) is 15.4. The summed E-state index contributed by atoms with van der Waals surface area (Å²) in [4.78, 5) is 15.4. The molecule has 0 bridgehead atoms. The van der Waals surface area contributed by atoms with Gasteiger partial charge < -0.3 is 24.7 Å². The van der Waals surface area contributed by atoms with Gasteiger partial charge in [-0.1, -0.05) is 17.3 Å². The predicted octanol–water partition coefficient (Wildman–Crippen LogP) is 0.0322. The van der Waals surface area contributed by atoms with E-state index in [4.69, 9.17) is 4.52 Å². The fraction of sp³-hybridized carbons (Fsp3) is 0.375. The first-order chi connectivity index (χ1) is 11.1. The number of aromatic hydroxyl groups is 1. The number of phenolic OH excluding ortho intramolecular Hbond substituents is 1. The minimum Gasteiger partial charge on any atom is -0.506 e. The van der Waals surface area contributed by atoms with Crippen LogP contribution in [0, 0.1) is 6.92 Å². The minimum atomic E-state index is -0.0655. The highest BCUT2D eigenvalue weighted by Gasteiger charge is 2.23. The summed E-state index contributed by atoms with van der Waals surface area (Å²) in [6.45, 7) is 5.50. The van der Waals surface area contributed by atoms with Crippen LogP contribution in [0.15, 0.2) is 34.9 Å². The maximum atomic E-state index is 12.0. The number of phenols is 1. The number of nitrogens with zero attached hydrogens (tertiary/aromatic N) is 2. The van der Waals surface area contributed by atoms with Gasteiger partial charge in [-0.05, 0) is 19.1 Å². The van der Waals surface area contributed by atoms with Crippen molar-refractivity contribution >= 4 is 17.4 Å². The van der Waals surface area contributed by atoms with Crippen LogP contribution in [-0.2, 0) is 4.79 Å². The molecule has 3 rings (SSSR count). The highest BCUT2D eigenvalue weighted by molar-refractivity contribution is 5.90. The third-order valence-corrected chi connectivity index (χ3v) is 4.00. The Bertz CT molecular complexity index is 677. The Morgan fingerprint density at radius 1 is 1.39 bits per heavy atom. The Morgan fingerprint density at radius 3 is 2.78 bits per heavy atom. The zero-order chi connectivity index (χ0) is 16.2. The van der Waals surface area contributed by atoms with Gasteiger partial charge >= 0.3 is 0 Å². The quantitative estimate of drug-likeness (QED) is 0.741. The van der Waals surface area contributed by atoms with E-state index < -0.39 is 0 Å². The maximum Gasteiger partial charge on any atom is 0.280 e. The first-order valence-corrected chi connectivity index (χ1v) is 7.71.